The van der Waals surface area contributed by atoms with Gasteiger partial charge in [0.25, 0.3) is 0 Å². The number of rotatable bonds is 7. The molecule has 0 unspecified atom stereocenters. The maximum absolute atomic E-state index is 12.1. The Kier molecular flexibility index (Phi) is 6.04. The maximum atomic E-state index is 12.1. The molecule has 2 aromatic rings. The van der Waals surface area contributed by atoms with Crippen molar-refractivity contribution in [3.63, 3.8) is 0 Å². The van der Waals surface area contributed by atoms with Crippen LogP contribution in [0, 0.1) is 12.8 Å². The lowest BCUT2D eigenvalue weighted by Gasteiger charge is -2.10. The minimum Gasteiger partial charge on any atom is -0.497 e. The number of aromatic nitrogens is 3. The van der Waals surface area contributed by atoms with Gasteiger partial charge in [-0.1, -0.05) is 25.6 Å². The van der Waals surface area contributed by atoms with Gasteiger partial charge in [-0.05, 0) is 37.1 Å². The van der Waals surface area contributed by atoms with Gasteiger partial charge >= 0.3 is 0 Å². The van der Waals surface area contributed by atoms with E-state index >= 15 is 0 Å². The molecule has 0 bridgehead atoms. The number of carbonyl (C=O) groups excluding carboxylic acids is 1. The first-order valence-electron chi connectivity index (χ1n) is 7.46. The Balaban J connectivity index is 1.91. The molecule has 0 aliphatic carbocycles. The van der Waals surface area contributed by atoms with E-state index in [1.807, 2.05) is 31.2 Å². The first-order chi connectivity index (χ1) is 11.0. The summed E-state index contributed by atoms with van der Waals surface area (Å²) < 4.78 is 7.14. The summed E-state index contributed by atoms with van der Waals surface area (Å²) in [6.07, 6.45) is 0. The van der Waals surface area contributed by atoms with Gasteiger partial charge in [-0.25, -0.2) is 0 Å². The molecule has 7 heteroatoms. The van der Waals surface area contributed by atoms with Crippen molar-refractivity contribution in [2.45, 2.75) is 32.5 Å². The Labute approximate surface area is 140 Å². The van der Waals surface area contributed by atoms with Crippen LogP contribution in [0.25, 0.3) is 0 Å². The van der Waals surface area contributed by atoms with Gasteiger partial charge in [-0.2, -0.15) is 0 Å². The van der Waals surface area contributed by atoms with Crippen LogP contribution in [0.1, 0.15) is 19.7 Å². The summed E-state index contributed by atoms with van der Waals surface area (Å²) in [6, 6.07) is 7.25. The third-order valence-electron chi connectivity index (χ3n) is 3.16. The number of carbonyl (C=O) groups is 1. The van der Waals surface area contributed by atoms with Gasteiger partial charge in [0.2, 0.25) is 5.91 Å². The van der Waals surface area contributed by atoms with E-state index < -0.39 is 0 Å². The molecule has 0 radical (unpaired) electrons. The van der Waals surface area contributed by atoms with Crippen molar-refractivity contribution in [1.82, 2.24) is 14.8 Å². The van der Waals surface area contributed by atoms with Crippen LogP contribution in [-0.2, 0) is 11.3 Å². The van der Waals surface area contributed by atoms with Crippen molar-refractivity contribution in [3.8, 4) is 5.75 Å². The smallest absolute Gasteiger partial charge is 0.234 e. The lowest BCUT2D eigenvalue weighted by Crippen LogP contribution is -2.15. The molecule has 124 valence electrons. The molecular formula is C16H22N4O2S. The number of nitrogens with zero attached hydrogens (tertiary/aromatic N) is 3. The molecule has 0 aliphatic heterocycles. The minimum absolute atomic E-state index is 0.0723. The summed E-state index contributed by atoms with van der Waals surface area (Å²) in [7, 11) is 1.61. The lowest BCUT2D eigenvalue weighted by molar-refractivity contribution is -0.113. The van der Waals surface area contributed by atoms with Crippen molar-refractivity contribution in [3.05, 3.63) is 30.1 Å². The third kappa shape index (κ3) is 4.99. The number of aryl methyl sites for hydroxylation is 1. The fraction of sp³-hybridized carbons (Fsp3) is 0.438. The maximum Gasteiger partial charge on any atom is 0.234 e. The molecule has 0 saturated heterocycles. The number of methoxy groups -OCH3 is 1. The van der Waals surface area contributed by atoms with E-state index in [2.05, 4.69) is 33.9 Å². The van der Waals surface area contributed by atoms with Crippen LogP contribution in [0.3, 0.4) is 0 Å². The molecule has 0 fully saturated rings. The molecule has 1 aromatic heterocycles. The summed E-state index contributed by atoms with van der Waals surface area (Å²) in [5.41, 5.74) is 0.747. The summed E-state index contributed by atoms with van der Waals surface area (Å²) in [5.74, 6) is 2.35. The number of ether oxygens (including phenoxy) is 1. The second-order valence-corrected chi connectivity index (χ2v) is 6.54. The normalized spacial score (nSPS) is 10.8. The molecule has 2 rings (SSSR count). The summed E-state index contributed by atoms with van der Waals surface area (Å²) in [4.78, 5) is 12.1. The van der Waals surface area contributed by atoms with Crippen molar-refractivity contribution in [2.75, 3.05) is 18.2 Å². The fourth-order valence-electron chi connectivity index (χ4n) is 2.05. The Morgan fingerprint density at radius 2 is 2.00 bits per heavy atom. The third-order valence-corrected chi connectivity index (χ3v) is 4.12. The highest BCUT2D eigenvalue weighted by Gasteiger charge is 2.12. The fourth-order valence-corrected chi connectivity index (χ4v) is 2.84. The van der Waals surface area contributed by atoms with Gasteiger partial charge in [-0.3, -0.25) is 4.79 Å². The van der Waals surface area contributed by atoms with Crippen LogP contribution in [0.5, 0.6) is 5.75 Å². The number of anilines is 1. The van der Waals surface area contributed by atoms with Crippen molar-refractivity contribution in [1.29, 1.82) is 0 Å². The van der Waals surface area contributed by atoms with Crippen molar-refractivity contribution < 1.29 is 9.53 Å². The molecule has 0 aliphatic rings. The molecule has 0 saturated carbocycles. The molecule has 0 atom stereocenters. The van der Waals surface area contributed by atoms with Crippen molar-refractivity contribution >= 4 is 23.4 Å². The molecule has 23 heavy (non-hydrogen) atoms. The van der Waals surface area contributed by atoms with E-state index in [9.17, 15) is 4.79 Å². The number of amides is 1. The predicted molar refractivity (Wildman–Crippen MR) is 91.9 cm³/mol. The van der Waals surface area contributed by atoms with Gasteiger partial charge < -0.3 is 14.6 Å². The average molecular weight is 334 g/mol. The number of benzene rings is 1. The van der Waals surface area contributed by atoms with E-state index in [-0.39, 0.29) is 5.91 Å². The van der Waals surface area contributed by atoms with Gasteiger partial charge in [0.15, 0.2) is 5.16 Å². The topological polar surface area (TPSA) is 69.0 Å². The molecule has 1 heterocycles. The number of thioether (sulfide) groups is 1. The van der Waals surface area contributed by atoms with E-state index in [0.717, 1.165) is 29.0 Å². The van der Waals surface area contributed by atoms with Gasteiger partial charge in [0, 0.05) is 12.2 Å². The second kappa shape index (κ2) is 8.01. The first kappa shape index (κ1) is 17.3. The Bertz CT molecular complexity index is 653. The first-order valence-corrected chi connectivity index (χ1v) is 8.44. The van der Waals surface area contributed by atoms with Crippen LogP contribution in [0.2, 0.25) is 0 Å². The summed E-state index contributed by atoms with van der Waals surface area (Å²) >= 11 is 1.40. The van der Waals surface area contributed by atoms with E-state index in [4.69, 9.17) is 4.74 Å². The molecule has 1 amide bonds. The highest BCUT2D eigenvalue weighted by Crippen LogP contribution is 2.19. The molecule has 6 nitrogen and oxygen atoms in total. The van der Waals surface area contributed by atoms with E-state index in [0.29, 0.717) is 11.7 Å². The average Bonchev–Trinajstić information content (AvgIpc) is 2.86. The molecule has 1 N–H and O–H groups in total. The van der Waals surface area contributed by atoms with Gasteiger partial charge in [0.05, 0.1) is 12.9 Å². The summed E-state index contributed by atoms with van der Waals surface area (Å²) in [6.45, 7) is 7.06. The Morgan fingerprint density at radius 3 is 2.61 bits per heavy atom. The van der Waals surface area contributed by atoms with Crippen LogP contribution < -0.4 is 10.1 Å². The van der Waals surface area contributed by atoms with Gasteiger partial charge in [0.1, 0.15) is 11.6 Å². The standard InChI is InChI=1S/C16H22N4O2S/c1-11(2)9-20-12(3)18-19-16(20)23-10-15(21)17-13-5-7-14(22-4)8-6-13/h5-8,11H,9-10H2,1-4H3,(H,17,21). The number of hydrogen-bond donors (Lipinski definition) is 1. The van der Waals surface area contributed by atoms with Crippen LogP contribution >= 0.6 is 11.8 Å². The SMILES string of the molecule is COc1ccc(NC(=O)CSc2nnc(C)n2CC(C)C)cc1. The van der Waals surface area contributed by atoms with Crippen LogP contribution in [0.4, 0.5) is 5.69 Å². The predicted octanol–water partition coefficient (Wildman–Crippen LogP) is 2.98. The molecule has 0 spiro atoms. The molecular weight excluding hydrogens is 312 g/mol. The zero-order valence-electron chi connectivity index (χ0n) is 13.9. The van der Waals surface area contributed by atoms with E-state index in [1.165, 1.54) is 11.8 Å². The van der Waals surface area contributed by atoms with Crippen molar-refractivity contribution in [2.24, 2.45) is 5.92 Å². The van der Waals surface area contributed by atoms with Crippen LogP contribution in [-0.4, -0.2) is 33.5 Å². The zero-order chi connectivity index (χ0) is 16.8. The monoisotopic (exact) mass is 334 g/mol. The highest BCUT2D eigenvalue weighted by molar-refractivity contribution is 7.99. The van der Waals surface area contributed by atoms with Crippen LogP contribution in [0.15, 0.2) is 29.4 Å². The summed E-state index contributed by atoms with van der Waals surface area (Å²) in [5, 5.41) is 11.9. The minimum atomic E-state index is -0.0723. The quantitative estimate of drug-likeness (QED) is 0.788. The highest BCUT2D eigenvalue weighted by atomic mass is 32.2. The lowest BCUT2D eigenvalue weighted by atomic mass is 10.2. The largest absolute Gasteiger partial charge is 0.497 e. The van der Waals surface area contributed by atoms with Gasteiger partial charge in [-0.15, -0.1) is 10.2 Å². The second-order valence-electron chi connectivity index (χ2n) is 5.60. The number of hydrogen-bond acceptors (Lipinski definition) is 5. The Morgan fingerprint density at radius 1 is 1.30 bits per heavy atom. The van der Waals surface area contributed by atoms with E-state index in [1.54, 1.807) is 7.11 Å². The number of nitrogens with one attached hydrogen (secondary N) is 1. The zero-order valence-corrected chi connectivity index (χ0v) is 14.7. The molecule has 1 aromatic carbocycles. The Hall–Kier alpha value is -2.02.